The van der Waals surface area contributed by atoms with Crippen LogP contribution < -0.4 is 9.80 Å². The van der Waals surface area contributed by atoms with Crippen molar-refractivity contribution >= 4 is 41.2 Å². The summed E-state index contributed by atoms with van der Waals surface area (Å²) in [5.41, 5.74) is 1.04. The zero-order valence-electron chi connectivity index (χ0n) is 18.4. The molecule has 5 rings (SSSR count). The van der Waals surface area contributed by atoms with Crippen LogP contribution in [0.15, 0.2) is 82.7 Å². The summed E-state index contributed by atoms with van der Waals surface area (Å²) in [6, 6.07) is 19.6. The van der Waals surface area contributed by atoms with Gasteiger partial charge in [-0.1, -0.05) is 48.2 Å². The van der Waals surface area contributed by atoms with Gasteiger partial charge in [0.2, 0.25) is 5.91 Å². The Kier molecular flexibility index (Phi) is 6.31. The quantitative estimate of drug-likeness (QED) is 0.534. The summed E-state index contributed by atoms with van der Waals surface area (Å²) in [7, 11) is 0. The number of piperazine rings is 1. The number of fused-ring (bicyclic) bond motifs is 1. The zero-order chi connectivity index (χ0) is 23.5. The Balaban J connectivity index is 1.33. The van der Waals surface area contributed by atoms with Crippen LogP contribution in [-0.2, 0) is 9.59 Å². The SMILES string of the molecule is O=C(CN1C(=O)C(=Cc2ccccc2F)Sc2ccccc21)N1CCN(c2ccccn2)CC1. The van der Waals surface area contributed by atoms with Crippen LogP contribution in [0.4, 0.5) is 15.9 Å². The van der Waals surface area contributed by atoms with E-state index in [0.29, 0.717) is 42.3 Å². The fraction of sp³-hybridized carbons (Fsp3) is 0.192. The lowest BCUT2D eigenvalue weighted by Crippen LogP contribution is -2.52. The number of halogens is 1. The molecule has 1 aromatic heterocycles. The van der Waals surface area contributed by atoms with Gasteiger partial charge in [0.1, 0.15) is 18.2 Å². The fourth-order valence-corrected chi connectivity index (χ4v) is 5.16. The average Bonchev–Trinajstić information content (AvgIpc) is 2.88. The monoisotopic (exact) mass is 474 g/mol. The number of rotatable bonds is 4. The van der Waals surface area contributed by atoms with Crippen molar-refractivity contribution in [2.75, 3.05) is 42.5 Å². The fourth-order valence-electron chi connectivity index (χ4n) is 4.11. The number of amides is 2. The third-order valence-electron chi connectivity index (χ3n) is 5.92. The molecular formula is C26H23FN4O2S. The van der Waals surface area contributed by atoms with E-state index in [1.807, 2.05) is 42.5 Å². The molecule has 0 bridgehead atoms. The first-order valence-corrected chi connectivity index (χ1v) is 11.9. The number of thioether (sulfide) groups is 1. The summed E-state index contributed by atoms with van der Waals surface area (Å²) in [5.74, 6) is 0.0961. The Labute approximate surface area is 201 Å². The standard InChI is InChI=1S/C26H23FN4O2S/c27-20-8-2-1-7-19(20)17-23-26(33)31(21-9-3-4-10-22(21)34-23)18-25(32)30-15-13-29(14-16-30)24-11-5-6-12-28-24/h1-12,17H,13-16,18H2. The molecule has 1 saturated heterocycles. The lowest BCUT2D eigenvalue weighted by Gasteiger charge is -2.37. The van der Waals surface area contributed by atoms with Gasteiger partial charge in [0.15, 0.2) is 0 Å². The molecule has 0 radical (unpaired) electrons. The summed E-state index contributed by atoms with van der Waals surface area (Å²) < 4.78 is 14.2. The van der Waals surface area contributed by atoms with E-state index in [1.165, 1.54) is 22.7 Å². The van der Waals surface area contributed by atoms with Gasteiger partial charge in [-0.05, 0) is 36.4 Å². The Morgan fingerprint density at radius 3 is 2.47 bits per heavy atom. The number of nitrogens with zero attached hydrogens (tertiary/aromatic N) is 4. The Bertz CT molecular complexity index is 1240. The van der Waals surface area contributed by atoms with Gasteiger partial charge in [-0.15, -0.1) is 0 Å². The summed E-state index contributed by atoms with van der Waals surface area (Å²) in [6.45, 7) is 2.43. The number of anilines is 2. The summed E-state index contributed by atoms with van der Waals surface area (Å²) in [6.07, 6.45) is 3.32. The van der Waals surface area contributed by atoms with Crippen molar-refractivity contribution in [2.45, 2.75) is 4.90 Å². The van der Waals surface area contributed by atoms with Gasteiger partial charge in [0.05, 0.1) is 10.6 Å². The maximum Gasteiger partial charge on any atom is 0.265 e. The zero-order valence-corrected chi connectivity index (χ0v) is 19.2. The van der Waals surface area contributed by atoms with E-state index in [-0.39, 0.29) is 18.4 Å². The first kappa shape index (κ1) is 22.2. The van der Waals surface area contributed by atoms with E-state index in [2.05, 4.69) is 9.88 Å². The van der Waals surface area contributed by atoms with Crippen LogP contribution in [0.2, 0.25) is 0 Å². The molecule has 8 heteroatoms. The molecule has 172 valence electrons. The van der Waals surface area contributed by atoms with Gasteiger partial charge in [-0.25, -0.2) is 9.37 Å². The van der Waals surface area contributed by atoms with Crippen molar-refractivity contribution in [1.29, 1.82) is 0 Å². The molecule has 0 atom stereocenters. The lowest BCUT2D eigenvalue weighted by molar-refractivity contribution is -0.131. The molecule has 0 unspecified atom stereocenters. The van der Waals surface area contributed by atoms with Gasteiger partial charge in [-0.3, -0.25) is 14.5 Å². The van der Waals surface area contributed by atoms with Crippen LogP contribution in [0.5, 0.6) is 0 Å². The minimum atomic E-state index is -0.393. The third-order valence-corrected chi connectivity index (χ3v) is 7.00. The van der Waals surface area contributed by atoms with Crippen LogP contribution in [-0.4, -0.2) is 54.4 Å². The molecule has 34 heavy (non-hydrogen) atoms. The second-order valence-corrected chi connectivity index (χ2v) is 9.13. The molecule has 3 aromatic rings. The molecule has 0 spiro atoms. The highest BCUT2D eigenvalue weighted by Crippen LogP contribution is 2.42. The normalized spacial score (nSPS) is 17.1. The Morgan fingerprint density at radius 2 is 1.71 bits per heavy atom. The van der Waals surface area contributed by atoms with Crippen molar-refractivity contribution < 1.29 is 14.0 Å². The summed E-state index contributed by atoms with van der Waals surface area (Å²) in [4.78, 5) is 37.7. The largest absolute Gasteiger partial charge is 0.353 e. The van der Waals surface area contributed by atoms with Gasteiger partial charge >= 0.3 is 0 Å². The lowest BCUT2D eigenvalue weighted by atomic mass is 10.2. The molecule has 0 N–H and O–H groups in total. The topological polar surface area (TPSA) is 56.8 Å². The van der Waals surface area contributed by atoms with Crippen molar-refractivity contribution in [3.63, 3.8) is 0 Å². The first-order valence-electron chi connectivity index (χ1n) is 11.1. The van der Waals surface area contributed by atoms with Crippen molar-refractivity contribution in [3.05, 3.63) is 89.2 Å². The predicted molar refractivity (Wildman–Crippen MR) is 132 cm³/mol. The Hall–Kier alpha value is -3.65. The van der Waals surface area contributed by atoms with Gasteiger partial charge in [0.25, 0.3) is 5.91 Å². The van der Waals surface area contributed by atoms with E-state index in [0.717, 1.165) is 10.7 Å². The van der Waals surface area contributed by atoms with Crippen molar-refractivity contribution in [3.8, 4) is 0 Å². The Morgan fingerprint density at radius 1 is 0.971 bits per heavy atom. The molecule has 0 aliphatic carbocycles. The highest BCUT2D eigenvalue weighted by Gasteiger charge is 2.32. The van der Waals surface area contributed by atoms with Crippen molar-refractivity contribution in [1.82, 2.24) is 9.88 Å². The molecule has 2 aliphatic heterocycles. The second kappa shape index (κ2) is 9.69. The number of carbonyl (C=O) groups is 2. The minimum absolute atomic E-state index is 0.0609. The van der Waals surface area contributed by atoms with Gasteiger partial charge in [-0.2, -0.15) is 0 Å². The molecule has 2 amide bonds. The number of aromatic nitrogens is 1. The number of benzene rings is 2. The van der Waals surface area contributed by atoms with Gasteiger partial charge < -0.3 is 9.80 Å². The van der Waals surface area contributed by atoms with Gasteiger partial charge in [0, 0.05) is 42.8 Å². The first-order chi connectivity index (χ1) is 16.6. The summed E-state index contributed by atoms with van der Waals surface area (Å²) in [5, 5.41) is 0. The average molecular weight is 475 g/mol. The van der Waals surface area contributed by atoms with Crippen LogP contribution in [0.3, 0.4) is 0 Å². The van der Waals surface area contributed by atoms with Crippen molar-refractivity contribution in [2.24, 2.45) is 0 Å². The smallest absolute Gasteiger partial charge is 0.265 e. The number of carbonyl (C=O) groups excluding carboxylic acids is 2. The predicted octanol–water partition coefficient (Wildman–Crippen LogP) is 4.05. The molecule has 3 heterocycles. The highest BCUT2D eigenvalue weighted by atomic mass is 32.2. The number of hydrogen-bond acceptors (Lipinski definition) is 5. The highest BCUT2D eigenvalue weighted by molar-refractivity contribution is 8.04. The molecule has 6 nitrogen and oxygen atoms in total. The van der Waals surface area contributed by atoms with Crippen LogP contribution >= 0.6 is 11.8 Å². The third kappa shape index (κ3) is 4.54. The van der Waals surface area contributed by atoms with E-state index >= 15 is 0 Å². The van der Waals surface area contributed by atoms with E-state index < -0.39 is 5.82 Å². The number of pyridine rings is 1. The maximum atomic E-state index is 14.2. The maximum absolute atomic E-state index is 14.2. The molecule has 2 aromatic carbocycles. The molecule has 2 aliphatic rings. The summed E-state index contributed by atoms with van der Waals surface area (Å²) >= 11 is 1.30. The second-order valence-electron chi connectivity index (χ2n) is 8.05. The van der Waals surface area contributed by atoms with E-state index in [9.17, 15) is 14.0 Å². The number of hydrogen-bond donors (Lipinski definition) is 0. The van der Waals surface area contributed by atoms with E-state index in [1.54, 1.807) is 35.4 Å². The van der Waals surface area contributed by atoms with Crippen LogP contribution in [0, 0.1) is 5.82 Å². The molecule has 0 saturated carbocycles. The molecule has 1 fully saturated rings. The van der Waals surface area contributed by atoms with Crippen LogP contribution in [0.25, 0.3) is 6.08 Å². The molecular weight excluding hydrogens is 451 g/mol. The minimum Gasteiger partial charge on any atom is -0.353 e. The van der Waals surface area contributed by atoms with E-state index in [4.69, 9.17) is 0 Å². The number of para-hydroxylation sites is 1. The van der Waals surface area contributed by atoms with Crippen LogP contribution in [0.1, 0.15) is 5.56 Å².